The van der Waals surface area contributed by atoms with Gasteiger partial charge in [0.2, 0.25) is 11.8 Å². The summed E-state index contributed by atoms with van der Waals surface area (Å²) in [5.41, 5.74) is 0.531. The summed E-state index contributed by atoms with van der Waals surface area (Å²) in [6.07, 6.45) is 0. The van der Waals surface area contributed by atoms with E-state index < -0.39 is 5.82 Å². The van der Waals surface area contributed by atoms with E-state index in [1.165, 1.54) is 18.2 Å². The average molecular weight is 256 g/mol. The van der Waals surface area contributed by atoms with Crippen LogP contribution in [0.25, 0.3) is 11.5 Å². The number of hydrogen-bond acceptors (Lipinski definition) is 4. The molecule has 0 atom stereocenters. The summed E-state index contributed by atoms with van der Waals surface area (Å²) in [6.45, 7) is 3.30. The fraction of sp³-hybridized carbons (Fsp3) is 0.273. The molecule has 0 aliphatic rings. The third-order valence-electron chi connectivity index (χ3n) is 2.15. The van der Waals surface area contributed by atoms with E-state index in [-0.39, 0.29) is 5.02 Å². The number of hydrogen-bond donors (Lipinski definition) is 1. The summed E-state index contributed by atoms with van der Waals surface area (Å²) in [5.74, 6) is 0.372. The van der Waals surface area contributed by atoms with E-state index in [4.69, 9.17) is 16.0 Å². The monoisotopic (exact) mass is 255 g/mol. The Morgan fingerprint density at radius 2 is 2.24 bits per heavy atom. The lowest BCUT2D eigenvalue weighted by atomic mass is 10.2. The van der Waals surface area contributed by atoms with Crippen molar-refractivity contribution >= 4 is 11.6 Å². The molecule has 6 heteroatoms. The summed E-state index contributed by atoms with van der Waals surface area (Å²) >= 11 is 5.89. The maximum absolute atomic E-state index is 12.9. The Bertz CT molecular complexity index is 515. The minimum atomic E-state index is -0.397. The van der Waals surface area contributed by atoms with Crippen LogP contribution < -0.4 is 5.32 Å². The first kappa shape index (κ1) is 12.0. The summed E-state index contributed by atoms with van der Waals surface area (Å²) in [6, 6.07) is 4.03. The Kier molecular flexibility index (Phi) is 3.71. The van der Waals surface area contributed by atoms with E-state index in [0.717, 1.165) is 6.54 Å². The summed E-state index contributed by atoms with van der Waals surface area (Å²) < 4.78 is 18.3. The number of halogens is 2. The van der Waals surface area contributed by atoms with E-state index in [2.05, 4.69) is 15.5 Å². The van der Waals surface area contributed by atoms with Gasteiger partial charge in [0.05, 0.1) is 17.1 Å². The van der Waals surface area contributed by atoms with Gasteiger partial charge in [-0.2, -0.15) is 0 Å². The maximum Gasteiger partial charge on any atom is 0.249 e. The van der Waals surface area contributed by atoms with Crippen LogP contribution in [0.15, 0.2) is 22.6 Å². The second kappa shape index (κ2) is 5.25. The maximum atomic E-state index is 12.9. The summed E-state index contributed by atoms with van der Waals surface area (Å²) in [7, 11) is 0. The van der Waals surface area contributed by atoms with Crippen molar-refractivity contribution in [2.45, 2.75) is 13.5 Å². The van der Waals surface area contributed by atoms with Crippen molar-refractivity contribution in [3.8, 4) is 11.5 Å². The van der Waals surface area contributed by atoms with Crippen molar-refractivity contribution in [3.05, 3.63) is 34.9 Å². The van der Waals surface area contributed by atoms with E-state index in [1.54, 1.807) is 0 Å². The molecule has 17 heavy (non-hydrogen) atoms. The Morgan fingerprint density at radius 3 is 2.94 bits per heavy atom. The molecule has 0 unspecified atom stereocenters. The first-order chi connectivity index (χ1) is 8.20. The molecule has 0 fully saturated rings. The molecule has 1 heterocycles. The molecule has 1 aromatic heterocycles. The molecule has 90 valence electrons. The standard InChI is InChI=1S/C11H11ClFN3O/c1-2-14-6-10-15-16-11(17-10)8-4-3-7(13)5-9(8)12/h3-5,14H,2,6H2,1H3. The first-order valence-electron chi connectivity index (χ1n) is 5.19. The second-order valence-electron chi connectivity index (χ2n) is 3.41. The lowest BCUT2D eigenvalue weighted by Gasteiger charge is -1.98. The molecule has 0 saturated heterocycles. The van der Waals surface area contributed by atoms with Gasteiger partial charge in [-0.3, -0.25) is 0 Å². The van der Waals surface area contributed by atoms with Gasteiger partial charge in [-0.25, -0.2) is 4.39 Å². The SMILES string of the molecule is CCNCc1nnc(-c2ccc(F)cc2Cl)o1. The Labute approximate surface area is 103 Å². The molecule has 0 amide bonds. The molecule has 1 N–H and O–H groups in total. The molecule has 2 aromatic rings. The first-order valence-corrected chi connectivity index (χ1v) is 5.57. The quantitative estimate of drug-likeness (QED) is 0.913. The van der Waals surface area contributed by atoms with Crippen LogP contribution in [-0.4, -0.2) is 16.7 Å². The number of nitrogens with zero attached hydrogens (tertiary/aromatic N) is 2. The van der Waals surface area contributed by atoms with Crippen molar-refractivity contribution in [3.63, 3.8) is 0 Å². The summed E-state index contributed by atoms with van der Waals surface area (Å²) in [4.78, 5) is 0. The van der Waals surface area contributed by atoms with Gasteiger partial charge in [0.1, 0.15) is 5.82 Å². The van der Waals surface area contributed by atoms with Crippen LogP contribution in [0.4, 0.5) is 4.39 Å². The third-order valence-corrected chi connectivity index (χ3v) is 2.47. The molecule has 2 rings (SSSR count). The van der Waals surface area contributed by atoms with E-state index in [1.807, 2.05) is 6.92 Å². The second-order valence-corrected chi connectivity index (χ2v) is 3.81. The highest BCUT2D eigenvalue weighted by molar-refractivity contribution is 6.33. The van der Waals surface area contributed by atoms with E-state index in [0.29, 0.717) is 23.9 Å². The molecule has 0 radical (unpaired) electrons. The Balaban J connectivity index is 2.24. The van der Waals surface area contributed by atoms with Crippen LogP contribution in [0.2, 0.25) is 5.02 Å². The van der Waals surface area contributed by atoms with Gasteiger partial charge < -0.3 is 9.73 Å². The molecular weight excluding hydrogens is 245 g/mol. The van der Waals surface area contributed by atoms with E-state index >= 15 is 0 Å². The van der Waals surface area contributed by atoms with Crippen LogP contribution in [0, 0.1) is 5.82 Å². The zero-order valence-electron chi connectivity index (χ0n) is 9.20. The molecular formula is C11H11ClFN3O. The van der Waals surface area contributed by atoms with Crippen LogP contribution in [0.5, 0.6) is 0 Å². The molecule has 0 spiro atoms. The highest BCUT2D eigenvalue weighted by Gasteiger charge is 2.12. The number of rotatable bonds is 4. The van der Waals surface area contributed by atoms with Crippen LogP contribution in [0.1, 0.15) is 12.8 Å². The zero-order valence-corrected chi connectivity index (χ0v) is 9.96. The van der Waals surface area contributed by atoms with Gasteiger partial charge in [-0.1, -0.05) is 18.5 Å². The molecule has 0 aliphatic carbocycles. The Hall–Kier alpha value is -1.46. The minimum Gasteiger partial charge on any atom is -0.419 e. The van der Waals surface area contributed by atoms with Crippen molar-refractivity contribution in [1.82, 2.24) is 15.5 Å². The highest BCUT2D eigenvalue weighted by Crippen LogP contribution is 2.27. The van der Waals surface area contributed by atoms with Crippen LogP contribution in [-0.2, 0) is 6.54 Å². The smallest absolute Gasteiger partial charge is 0.249 e. The van der Waals surface area contributed by atoms with Gasteiger partial charge in [-0.15, -0.1) is 10.2 Å². The van der Waals surface area contributed by atoms with Crippen LogP contribution in [0.3, 0.4) is 0 Å². The van der Waals surface area contributed by atoms with Gasteiger partial charge in [-0.05, 0) is 24.7 Å². The van der Waals surface area contributed by atoms with Crippen molar-refractivity contribution in [1.29, 1.82) is 0 Å². The summed E-state index contributed by atoms with van der Waals surface area (Å²) in [5, 5.41) is 11.0. The number of nitrogens with one attached hydrogen (secondary N) is 1. The molecule has 0 saturated carbocycles. The van der Waals surface area contributed by atoms with Gasteiger partial charge in [0.25, 0.3) is 0 Å². The lowest BCUT2D eigenvalue weighted by Crippen LogP contribution is -2.11. The highest BCUT2D eigenvalue weighted by atomic mass is 35.5. The Morgan fingerprint density at radius 1 is 1.41 bits per heavy atom. The van der Waals surface area contributed by atoms with Crippen LogP contribution >= 0.6 is 11.6 Å². The number of aromatic nitrogens is 2. The van der Waals surface area contributed by atoms with Gasteiger partial charge in [0, 0.05) is 0 Å². The lowest BCUT2D eigenvalue weighted by molar-refractivity contribution is 0.482. The average Bonchev–Trinajstić information content (AvgIpc) is 2.75. The minimum absolute atomic E-state index is 0.253. The van der Waals surface area contributed by atoms with Crippen molar-refractivity contribution < 1.29 is 8.81 Å². The van der Waals surface area contributed by atoms with Gasteiger partial charge in [0.15, 0.2) is 0 Å². The molecule has 1 aromatic carbocycles. The predicted octanol–water partition coefficient (Wildman–Crippen LogP) is 2.64. The molecule has 0 bridgehead atoms. The number of benzene rings is 1. The third kappa shape index (κ3) is 2.81. The fourth-order valence-corrected chi connectivity index (χ4v) is 1.58. The van der Waals surface area contributed by atoms with Gasteiger partial charge >= 0.3 is 0 Å². The van der Waals surface area contributed by atoms with E-state index in [9.17, 15) is 4.39 Å². The molecule has 0 aliphatic heterocycles. The zero-order chi connectivity index (χ0) is 12.3. The normalized spacial score (nSPS) is 10.8. The fourth-order valence-electron chi connectivity index (χ4n) is 1.33. The molecule has 4 nitrogen and oxygen atoms in total. The largest absolute Gasteiger partial charge is 0.419 e. The topological polar surface area (TPSA) is 51.0 Å². The predicted molar refractivity (Wildman–Crippen MR) is 62.1 cm³/mol. The van der Waals surface area contributed by atoms with Crippen molar-refractivity contribution in [2.24, 2.45) is 0 Å². The van der Waals surface area contributed by atoms with Crippen molar-refractivity contribution in [2.75, 3.05) is 6.54 Å².